The van der Waals surface area contributed by atoms with E-state index in [2.05, 4.69) is 142 Å². The van der Waals surface area contributed by atoms with E-state index >= 15 is 0 Å². The fourth-order valence-corrected chi connectivity index (χ4v) is 8.57. The van der Waals surface area contributed by atoms with Gasteiger partial charge in [0.15, 0.2) is 8.68 Å². The summed E-state index contributed by atoms with van der Waals surface area (Å²) in [4.78, 5) is 3.63. The number of aromatic nitrogens is 2. The third-order valence-electron chi connectivity index (χ3n) is 8.49. The maximum absolute atomic E-state index is 4.51. The van der Waals surface area contributed by atoms with Crippen LogP contribution in [0.3, 0.4) is 0 Å². The number of benzene rings is 2. The molecule has 212 valence electrons. The Bertz CT molecular complexity index is 1600. The molecule has 2 aromatic carbocycles. The van der Waals surface area contributed by atoms with Gasteiger partial charge >= 0.3 is 0 Å². The standard InChI is InChI=1S/C35H39N3S3/c1-23-13-9-10-14-27(23)34(3,4)24(2)17-18-25-19-20-26(31(25)40-33-37-36-32(39-8)41-33)21-22-30-35(5,6)28-15-11-12-16-29(28)38(30)7/h9-18,21-22H,2,19-20H2,1,3-8H3/b18-17+,26-21+,30-22+. The summed E-state index contributed by atoms with van der Waals surface area (Å²) >= 11 is 5.06. The van der Waals surface area contributed by atoms with Crippen molar-refractivity contribution in [3.8, 4) is 0 Å². The number of anilines is 1. The molecule has 0 amide bonds. The summed E-state index contributed by atoms with van der Waals surface area (Å²) in [5.41, 5.74) is 10.2. The van der Waals surface area contributed by atoms with Gasteiger partial charge in [-0.15, -0.1) is 10.2 Å². The number of rotatable bonds is 8. The average Bonchev–Trinajstić information content (AvgIpc) is 3.62. The summed E-state index contributed by atoms with van der Waals surface area (Å²) in [5, 5.41) is 8.84. The van der Waals surface area contributed by atoms with Crippen LogP contribution in [0.4, 0.5) is 5.69 Å². The van der Waals surface area contributed by atoms with E-state index in [0.717, 1.165) is 27.1 Å². The number of hydrogen-bond acceptors (Lipinski definition) is 6. The van der Waals surface area contributed by atoms with Crippen LogP contribution in [-0.2, 0) is 10.8 Å². The molecule has 1 aliphatic carbocycles. The van der Waals surface area contributed by atoms with Crippen molar-refractivity contribution < 1.29 is 0 Å². The van der Waals surface area contributed by atoms with Gasteiger partial charge < -0.3 is 4.90 Å². The van der Waals surface area contributed by atoms with Gasteiger partial charge in [0.2, 0.25) is 0 Å². The van der Waals surface area contributed by atoms with Gasteiger partial charge in [0.05, 0.1) is 0 Å². The molecular formula is C35H39N3S3. The molecule has 2 heterocycles. The number of allylic oxidation sites excluding steroid dienone is 8. The second-order valence-electron chi connectivity index (χ2n) is 11.7. The van der Waals surface area contributed by atoms with E-state index in [-0.39, 0.29) is 10.8 Å². The smallest absolute Gasteiger partial charge is 0.179 e. The minimum absolute atomic E-state index is 0.0495. The number of para-hydroxylation sites is 1. The third kappa shape index (κ3) is 5.79. The number of aryl methyl sites for hydroxylation is 1. The Morgan fingerprint density at radius 2 is 1.73 bits per heavy atom. The first-order valence-corrected chi connectivity index (χ1v) is 16.9. The van der Waals surface area contributed by atoms with Crippen molar-refractivity contribution in [2.24, 2.45) is 0 Å². The van der Waals surface area contributed by atoms with Crippen LogP contribution in [0.25, 0.3) is 0 Å². The lowest BCUT2D eigenvalue weighted by Gasteiger charge is -2.28. The second-order valence-corrected chi connectivity index (χ2v) is 15.0. The Hall–Kier alpha value is -2.80. The predicted octanol–water partition coefficient (Wildman–Crippen LogP) is 10.0. The first-order valence-electron chi connectivity index (χ1n) is 14.0. The van der Waals surface area contributed by atoms with Crippen LogP contribution in [-0.4, -0.2) is 23.5 Å². The number of thioether (sulfide) groups is 2. The van der Waals surface area contributed by atoms with Crippen LogP contribution in [0.15, 0.2) is 115 Å². The summed E-state index contributed by atoms with van der Waals surface area (Å²) in [6.45, 7) is 15.9. The van der Waals surface area contributed by atoms with Crippen LogP contribution in [0.1, 0.15) is 57.2 Å². The molecular weight excluding hydrogens is 559 g/mol. The maximum atomic E-state index is 4.51. The molecule has 0 fully saturated rings. The normalized spacial score (nSPS) is 18.8. The molecule has 5 rings (SSSR count). The molecule has 6 heteroatoms. The van der Waals surface area contributed by atoms with E-state index in [1.807, 2.05) is 0 Å². The predicted molar refractivity (Wildman–Crippen MR) is 180 cm³/mol. The SMILES string of the molecule is C=C(/C=C/C1=C(Sc2nnc(SC)s2)C(=C/C=C2/N(C)c3ccccc3C2(C)C)/CC1)C(C)(C)c1ccccc1C. The first-order chi connectivity index (χ1) is 19.5. The van der Waals surface area contributed by atoms with Gasteiger partial charge in [0, 0.05) is 34.2 Å². The lowest BCUT2D eigenvalue weighted by Crippen LogP contribution is -2.22. The molecule has 0 N–H and O–H groups in total. The average molecular weight is 598 g/mol. The van der Waals surface area contributed by atoms with Crippen molar-refractivity contribution >= 4 is 40.5 Å². The highest BCUT2D eigenvalue weighted by Gasteiger charge is 2.37. The van der Waals surface area contributed by atoms with Gasteiger partial charge in [0.1, 0.15) is 0 Å². The summed E-state index contributed by atoms with van der Waals surface area (Å²) in [7, 11) is 2.18. The monoisotopic (exact) mass is 597 g/mol. The molecule has 3 aromatic rings. The van der Waals surface area contributed by atoms with E-state index in [1.165, 1.54) is 44.1 Å². The lowest BCUT2D eigenvalue weighted by molar-refractivity contribution is 0.636. The third-order valence-corrected chi connectivity index (χ3v) is 11.7. The Morgan fingerprint density at radius 1 is 1.02 bits per heavy atom. The van der Waals surface area contributed by atoms with Gasteiger partial charge in [-0.3, -0.25) is 0 Å². The molecule has 3 nitrogen and oxygen atoms in total. The summed E-state index contributed by atoms with van der Waals surface area (Å²) < 4.78 is 1.98. The van der Waals surface area contributed by atoms with E-state index in [1.54, 1.807) is 34.9 Å². The van der Waals surface area contributed by atoms with Crippen molar-refractivity contribution in [1.29, 1.82) is 0 Å². The van der Waals surface area contributed by atoms with Crippen molar-refractivity contribution in [1.82, 2.24) is 10.2 Å². The Labute approximate surface area is 258 Å². The maximum Gasteiger partial charge on any atom is 0.179 e. The zero-order valence-electron chi connectivity index (χ0n) is 25.1. The molecule has 0 spiro atoms. The number of likely N-dealkylation sites (N-methyl/N-ethyl adjacent to an activating group) is 1. The van der Waals surface area contributed by atoms with Crippen molar-refractivity contribution in [2.45, 2.75) is 67.0 Å². The molecule has 1 aliphatic heterocycles. The Morgan fingerprint density at radius 3 is 2.44 bits per heavy atom. The highest BCUT2D eigenvalue weighted by atomic mass is 32.2. The minimum Gasteiger partial charge on any atom is -0.347 e. The quantitative estimate of drug-likeness (QED) is 0.190. The van der Waals surface area contributed by atoms with Crippen LogP contribution in [0.5, 0.6) is 0 Å². The highest BCUT2D eigenvalue weighted by Crippen LogP contribution is 2.48. The van der Waals surface area contributed by atoms with Gasteiger partial charge in [-0.2, -0.15) is 0 Å². The second kappa shape index (κ2) is 11.8. The number of fused-ring (bicyclic) bond motifs is 1. The van der Waals surface area contributed by atoms with Crippen molar-refractivity contribution in [3.05, 3.63) is 123 Å². The Kier molecular flexibility index (Phi) is 8.56. The summed E-state index contributed by atoms with van der Waals surface area (Å²) in [6, 6.07) is 17.4. The Balaban J connectivity index is 1.49. The first kappa shape index (κ1) is 29.7. The van der Waals surface area contributed by atoms with Gasteiger partial charge in [0.25, 0.3) is 0 Å². The van der Waals surface area contributed by atoms with Gasteiger partial charge in [-0.05, 0) is 71.6 Å². The largest absolute Gasteiger partial charge is 0.347 e. The molecule has 0 saturated carbocycles. The van der Waals surface area contributed by atoms with E-state index in [9.17, 15) is 0 Å². The molecule has 0 radical (unpaired) electrons. The lowest BCUT2D eigenvalue weighted by atomic mass is 9.76. The van der Waals surface area contributed by atoms with Crippen LogP contribution < -0.4 is 4.90 Å². The molecule has 0 bridgehead atoms. The minimum atomic E-state index is -0.155. The van der Waals surface area contributed by atoms with Gasteiger partial charge in [-0.25, -0.2) is 0 Å². The van der Waals surface area contributed by atoms with Gasteiger partial charge in [-0.1, -0.05) is 130 Å². The fraction of sp³-hybridized carbons (Fsp3) is 0.314. The van der Waals surface area contributed by atoms with Crippen molar-refractivity contribution in [2.75, 3.05) is 18.2 Å². The van der Waals surface area contributed by atoms with E-state index in [4.69, 9.17) is 0 Å². The topological polar surface area (TPSA) is 29.0 Å². The van der Waals surface area contributed by atoms with E-state index in [0.29, 0.717) is 0 Å². The number of hydrogen-bond donors (Lipinski definition) is 0. The number of nitrogens with zero attached hydrogens (tertiary/aromatic N) is 3. The summed E-state index contributed by atoms with van der Waals surface area (Å²) in [5.74, 6) is 0. The van der Waals surface area contributed by atoms with Crippen molar-refractivity contribution in [3.63, 3.8) is 0 Å². The molecule has 41 heavy (non-hydrogen) atoms. The van der Waals surface area contributed by atoms with Crippen LogP contribution in [0, 0.1) is 6.92 Å². The summed E-state index contributed by atoms with van der Waals surface area (Å²) in [6.07, 6.45) is 13.2. The molecule has 1 aromatic heterocycles. The zero-order valence-corrected chi connectivity index (χ0v) is 27.6. The molecule has 0 atom stereocenters. The highest BCUT2D eigenvalue weighted by molar-refractivity contribution is 8.05. The fourth-order valence-electron chi connectivity index (χ4n) is 5.90. The molecule has 0 saturated heterocycles. The van der Waals surface area contributed by atoms with E-state index < -0.39 is 0 Å². The van der Waals surface area contributed by atoms with Crippen LogP contribution in [0.2, 0.25) is 0 Å². The molecule has 0 unspecified atom stereocenters. The van der Waals surface area contributed by atoms with Crippen LogP contribution >= 0.6 is 34.9 Å². The molecule has 2 aliphatic rings. The zero-order chi connectivity index (χ0) is 29.4.